The predicted octanol–water partition coefficient (Wildman–Crippen LogP) is 5.72. The lowest BCUT2D eigenvalue weighted by molar-refractivity contribution is 0.0520. The van der Waals surface area contributed by atoms with Gasteiger partial charge in [-0.1, -0.05) is 37.8 Å². The van der Waals surface area contributed by atoms with E-state index in [9.17, 15) is 9.18 Å². The van der Waals surface area contributed by atoms with Gasteiger partial charge in [-0.15, -0.1) is 6.58 Å². The van der Waals surface area contributed by atoms with Gasteiger partial charge < -0.3 is 4.74 Å². The van der Waals surface area contributed by atoms with Gasteiger partial charge >= 0.3 is 5.97 Å². The van der Waals surface area contributed by atoms with Crippen molar-refractivity contribution in [1.29, 1.82) is 0 Å². The van der Waals surface area contributed by atoms with Crippen LogP contribution in [0.2, 0.25) is 0 Å². The Labute approximate surface area is 150 Å². The number of ether oxygens (including phenoxy) is 1. The Kier molecular flexibility index (Phi) is 5.99. The Balaban J connectivity index is 1.96. The largest absolute Gasteiger partial charge is 0.458 e. The minimum absolute atomic E-state index is 0.0564. The molecule has 1 aromatic rings. The molecule has 0 aromatic heterocycles. The van der Waals surface area contributed by atoms with Crippen molar-refractivity contribution in [3.8, 4) is 0 Å². The van der Waals surface area contributed by atoms with E-state index >= 15 is 0 Å². The van der Waals surface area contributed by atoms with E-state index in [1.165, 1.54) is 18.2 Å². The average molecular weight is 342 g/mol. The number of benzene rings is 1. The lowest BCUT2D eigenvalue weighted by Gasteiger charge is -2.43. The summed E-state index contributed by atoms with van der Waals surface area (Å²) in [7, 11) is 0. The van der Waals surface area contributed by atoms with Crippen LogP contribution in [0.15, 0.2) is 61.2 Å². The molecule has 0 spiro atoms. The number of esters is 1. The standard InChI is InChI=1S/C22H27FO2/c1-6-22(5)11-10-17(13-20(22)15(2)3)16(4)14-25-21(24)18-8-7-9-19(23)12-18/h6-9,12,17,20H,1-2,4,10-11,13-14H2,3,5H3/t17-,20+,22-/m1/s1. The van der Waals surface area contributed by atoms with E-state index in [-0.39, 0.29) is 23.5 Å². The summed E-state index contributed by atoms with van der Waals surface area (Å²) in [5.74, 6) is -0.341. The molecule has 134 valence electrons. The molecule has 0 amide bonds. The highest BCUT2D eigenvalue weighted by Crippen LogP contribution is 2.48. The predicted molar refractivity (Wildman–Crippen MR) is 99.8 cm³/mol. The molecule has 3 heteroatoms. The molecule has 1 saturated carbocycles. The van der Waals surface area contributed by atoms with Crippen LogP contribution >= 0.6 is 0 Å². The molecule has 1 aliphatic rings. The minimum atomic E-state index is -0.524. The Hall–Kier alpha value is -2.16. The van der Waals surface area contributed by atoms with Crippen LogP contribution in [0, 0.1) is 23.1 Å². The summed E-state index contributed by atoms with van der Waals surface area (Å²) in [4.78, 5) is 12.0. The van der Waals surface area contributed by atoms with Gasteiger partial charge in [-0.25, -0.2) is 9.18 Å². The summed E-state index contributed by atoms with van der Waals surface area (Å²) < 4.78 is 18.5. The normalized spacial score (nSPS) is 25.9. The van der Waals surface area contributed by atoms with E-state index in [1.807, 2.05) is 6.08 Å². The van der Waals surface area contributed by atoms with Gasteiger partial charge in [0.15, 0.2) is 0 Å². The lowest BCUT2D eigenvalue weighted by atomic mass is 9.61. The number of allylic oxidation sites excluding steroid dienone is 2. The van der Waals surface area contributed by atoms with Gasteiger partial charge in [-0.2, -0.15) is 0 Å². The monoisotopic (exact) mass is 342 g/mol. The van der Waals surface area contributed by atoms with Crippen LogP contribution in [0.1, 0.15) is 43.5 Å². The number of hydrogen-bond donors (Lipinski definition) is 0. The first-order chi connectivity index (χ1) is 11.8. The summed E-state index contributed by atoms with van der Waals surface area (Å²) >= 11 is 0. The van der Waals surface area contributed by atoms with Crippen molar-refractivity contribution in [1.82, 2.24) is 0 Å². The third-order valence-corrected chi connectivity index (χ3v) is 5.44. The maximum absolute atomic E-state index is 13.2. The third-order valence-electron chi connectivity index (χ3n) is 5.44. The molecule has 0 N–H and O–H groups in total. The number of hydrogen-bond acceptors (Lipinski definition) is 2. The first-order valence-corrected chi connectivity index (χ1v) is 8.66. The molecule has 1 aromatic carbocycles. The van der Waals surface area contributed by atoms with Crippen molar-refractivity contribution >= 4 is 5.97 Å². The maximum Gasteiger partial charge on any atom is 0.338 e. The molecule has 0 bridgehead atoms. The van der Waals surface area contributed by atoms with Gasteiger partial charge in [-0.3, -0.25) is 0 Å². The van der Waals surface area contributed by atoms with Crippen molar-refractivity contribution in [3.63, 3.8) is 0 Å². The van der Waals surface area contributed by atoms with Gasteiger partial charge in [0.1, 0.15) is 12.4 Å². The van der Waals surface area contributed by atoms with E-state index in [0.717, 1.165) is 30.4 Å². The molecule has 1 aliphatic carbocycles. The summed E-state index contributed by atoms with van der Waals surface area (Å²) in [6.07, 6.45) is 4.97. The highest BCUT2D eigenvalue weighted by Gasteiger charge is 2.38. The molecule has 2 rings (SSSR count). The van der Waals surface area contributed by atoms with Crippen LogP contribution in [0.3, 0.4) is 0 Å². The topological polar surface area (TPSA) is 26.3 Å². The Morgan fingerprint density at radius 3 is 2.76 bits per heavy atom. The summed E-state index contributed by atoms with van der Waals surface area (Å²) in [6, 6.07) is 5.52. The van der Waals surface area contributed by atoms with Gasteiger partial charge in [-0.05, 0) is 67.2 Å². The average Bonchev–Trinajstić information content (AvgIpc) is 2.59. The zero-order valence-corrected chi connectivity index (χ0v) is 15.2. The first kappa shape index (κ1) is 19.2. The van der Waals surface area contributed by atoms with E-state index < -0.39 is 11.8 Å². The molecular weight excluding hydrogens is 315 g/mol. The molecule has 0 heterocycles. The number of carbonyl (C=O) groups is 1. The fourth-order valence-electron chi connectivity index (χ4n) is 3.69. The Morgan fingerprint density at radius 2 is 2.16 bits per heavy atom. The zero-order valence-electron chi connectivity index (χ0n) is 15.2. The van der Waals surface area contributed by atoms with Gasteiger partial charge in [0.25, 0.3) is 0 Å². The van der Waals surface area contributed by atoms with Crippen molar-refractivity contribution in [3.05, 3.63) is 72.6 Å². The summed E-state index contributed by atoms with van der Waals surface area (Å²) in [5, 5.41) is 0. The van der Waals surface area contributed by atoms with Crippen molar-refractivity contribution in [2.45, 2.75) is 33.1 Å². The molecular formula is C22H27FO2. The van der Waals surface area contributed by atoms with Crippen LogP contribution in [0.5, 0.6) is 0 Å². The van der Waals surface area contributed by atoms with Gasteiger partial charge in [0.2, 0.25) is 0 Å². The van der Waals surface area contributed by atoms with E-state index in [2.05, 4.69) is 33.6 Å². The second-order valence-electron chi connectivity index (χ2n) is 7.32. The maximum atomic E-state index is 13.2. The van der Waals surface area contributed by atoms with Gasteiger partial charge in [0.05, 0.1) is 5.56 Å². The van der Waals surface area contributed by atoms with Crippen LogP contribution < -0.4 is 0 Å². The van der Waals surface area contributed by atoms with Crippen molar-refractivity contribution in [2.75, 3.05) is 6.61 Å². The molecule has 1 fully saturated rings. The summed E-state index contributed by atoms with van der Waals surface area (Å²) in [6.45, 7) is 16.7. The smallest absolute Gasteiger partial charge is 0.338 e. The van der Waals surface area contributed by atoms with Crippen LogP contribution in [0.25, 0.3) is 0 Å². The van der Waals surface area contributed by atoms with Gasteiger partial charge in [0, 0.05) is 0 Å². The minimum Gasteiger partial charge on any atom is -0.458 e. The second-order valence-corrected chi connectivity index (χ2v) is 7.32. The zero-order chi connectivity index (χ0) is 18.6. The highest BCUT2D eigenvalue weighted by molar-refractivity contribution is 5.89. The number of rotatable bonds is 6. The highest BCUT2D eigenvalue weighted by atomic mass is 19.1. The van der Waals surface area contributed by atoms with Crippen LogP contribution in [0.4, 0.5) is 4.39 Å². The van der Waals surface area contributed by atoms with Crippen molar-refractivity contribution < 1.29 is 13.9 Å². The molecule has 0 unspecified atom stereocenters. The SMILES string of the molecule is C=C[C@]1(C)CC[C@@H](C(=C)COC(=O)c2cccc(F)c2)C[C@H]1C(=C)C. The third kappa shape index (κ3) is 4.47. The fourth-order valence-corrected chi connectivity index (χ4v) is 3.69. The number of halogens is 1. The summed E-state index contributed by atoms with van der Waals surface area (Å²) in [5.41, 5.74) is 2.33. The number of carbonyl (C=O) groups excluding carboxylic acids is 1. The molecule has 0 saturated heterocycles. The molecule has 25 heavy (non-hydrogen) atoms. The van der Waals surface area contributed by atoms with E-state index in [1.54, 1.807) is 6.07 Å². The fraction of sp³-hybridized carbons (Fsp3) is 0.409. The molecule has 3 atom stereocenters. The van der Waals surface area contributed by atoms with Crippen LogP contribution in [-0.2, 0) is 4.74 Å². The Bertz CT molecular complexity index is 691. The lowest BCUT2D eigenvalue weighted by Crippen LogP contribution is -2.34. The second kappa shape index (κ2) is 7.81. The molecule has 2 nitrogen and oxygen atoms in total. The first-order valence-electron chi connectivity index (χ1n) is 8.66. The van der Waals surface area contributed by atoms with Crippen LogP contribution in [-0.4, -0.2) is 12.6 Å². The van der Waals surface area contributed by atoms with Crippen molar-refractivity contribution in [2.24, 2.45) is 17.3 Å². The Morgan fingerprint density at radius 1 is 1.44 bits per heavy atom. The quantitative estimate of drug-likeness (QED) is 0.488. The van der Waals surface area contributed by atoms with E-state index in [4.69, 9.17) is 4.74 Å². The molecule has 0 aliphatic heterocycles. The van der Waals surface area contributed by atoms with E-state index in [0.29, 0.717) is 5.92 Å². The molecule has 0 radical (unpaired) electrons.